The predicted octanol–water partition coefficient (Wildman–Crippen LogP) is 0.753. The Labute approximate surface area is 124 Å². The molecule has 1 heterocycles. The van der Waals surface area contributed by atoms with E-state index in [4.69, 9.17) is 4.74 Å². The number of ether oxygens (including phenoxy) is 1. The fraction of sp³-hybridized carbons (Fsp3) is 0.467. The number of methoxy groups -OCH3 is 1. The average Bonchev–Trinajstić information content (AvgIpc) is 3.02. The van der Waals surface area contributed by atoms with E-state index in [1.807, 2.05) is 0 Å². The first-order valence-electron chi connectivity index (χ1n) is 7.13. The number of rotatable bonds is 6. The molecule has 1 aromatic carbocycles. The smallest absolute Gasteiger partial charge is 0.253 e. The highest BCUT2D eigenvalue weighted by Crippen LogP contribution is 2.16. The molecule has 1 aliphatic rings. The number of carbonyl (C=O) groups excluding carboxylic acids is 2. The molecule has 6 nitrogen and oxygen atoms in total. The Hall–Kier alpha value is -1.92. The lowest BCUT2D eigenvalue weighted by molar-refractivity contribution is -0.117. The number of nitrogens with one attached hydrogen (secondary N) is 3. The van der Waals surface area contributed by atoms with Gasteiger partial charge in [-0.05, 0) is 31.5 Å². The van der Waals surface area contributed by atoms with E-state index in [9.17, 15) is 9.59 Å². The van der Waals surface area contributed by atoms with Crippen molar-refractivity contribution < 1.29 is 14.3 Å². The van der Waals surface area contributed by atoms with Gasteiger partial charge in [-0.2, -0.15) is 0 Å². The van der Waals surface area contributed by atoms with E-state index >= 15 is 0 Å². The topological polar surface area (TPSA) is 79.5 Å². The second kappa shape index (κ2) is 7.75. The molecular weight excluding hydrogens is 270 g/mol. The molecule has 21 heavy (non-hydrogen) atoms. The summed E-state index contributed by atoms with van der Waals surface area (Å²) >= 11 is 0. The minimum Gasteiger partial charge on any atom is -0.383 e. The summed E-state index contributed by atoms with van der Waals surface area (Å²) in [6.07, 6.45) is 1.82. The standard InChI is InChI=1S/C15H21N3O3/c1-21-10-9-17-14(19)11-5-2-3-6-12(11)18-15(20)13-7-4-8-16-13/h2-3,5-6,13,16H,4,7-10H2,1H3,(H,17,19)(H,18,20). The summed E-state index contributed by atoms with van der Waals surface area (Å²) in [6, 6.07) is 6.82. The van der Waals surface area contributed by atoms with Gasteiger partial charge in [0.15, 0.2) is 0 Å². The van der Waals surface area contributed by atoms with Crippen LogP contribution in [0.5, 0.6) is 0 Å². The van der Waals surface area contributed by atoms with Gasteiger partial charge < -0.3 is 20.7 Å². The summed E-state index contributed by atoms with van der Waals surface area (Å²) in [6.45, 7) is 1.74. The van der Waals surface area contributed by atoms with Crippen LogP contribution in [-0.2, 0) is 9.53 Å². The van der Waals surface area contributed by atoms with E-state index in [-0.39, 0.29) is 17.9 Å². The zero-order valence-corrected chi connectivity index (χ0v) is 12.1. The fourth-order valence-electron chi connectivity index (χ4n) is 2.28. The number of hydrogen-bond acceptors (Lipinski definition) is 4. The monoisotopic (exact) mass is 291 g/mol. The van der Waals surface area contributed by atoms with E-state index in [0.29, 0.717) is 24.4 Å². The average molecular weight is 291 g/mol. The van der Waals surface area contributed by atoms with Gasteiger partial charge in [0.05, 0.1) is 23.9 Å². The summed E-state index contributed by atoms with van der Waals surface area (Å²) in [4.78, 5) is 24.2. The third kappa shape index (κ3) is 4.27. The molecule has 2 rings (SSSR count). The van der Waals surface area contributed by atoms with Crippen LogP contribution in [0.3, 0.4) is 0 Å². The molecule has 1 saturated heterocycles. The number of anilines is 1. The molecule has 1 atom stereocenters. The van der Waals surface area contributed by atoms with Crippen molar-refractivity contribution in [2.75, 3.05) is 32.1 Å². The Morgan fingerprint density at radius 3 is 2.90 bits per heavy atom. The van der Waals surface area contributed by atoms with Crippen molar-refractivity contribution in [2.45, 2.75) is 18.9 Å². The first-order valence-corrected chi connectivity index (χ1v) is 7.13. The molecular formula is C15H21N3O3. The Morgan fingerprint density at radius 2 is 2.19 bits per heavy atom. The highest BCUT2D eigenvalue weighted by Gasteiger charge is 2.23. The Morgan fingerprint density at radius 1 is 1.38 bits per heavy atom. The molecule has 1 aromatic rings. The number of carbonyl (C=O) groups is 2. The lowest BCUT2D eigenvalue weighted by Gasteiger charge is -2.14. The van der Waals surface area contributed by atoms with Crippen LogP contribution in [0.2, 0.25) is 0 Å². The quantitative estimate of drug-likeness (QED) is 0.676. The van der Waals surface area contributed by atoms with Gasteiger partial charge in [0, 0.05) is 13.7 Å². The van der Waals surface area contributed by atoms with Crippen molar-refractivity contribution in [3.63, 3.8) is 0 Å². The lowest BCUT2D eigenvalue weighted by Crippen LogP contribution is -2.36. The van der Waals surface area contributed by atoms with Gasteiger partial charge in [-0.25, -0.2) is 0 Å². The van der Waals surface area contributed by atoms with Crippen molar-refractivity contribution in [3.05, 3.63) is 29.8 Å². The van der Waals surface area contributed by atoms with Crippen LogP contribution in [0.15, 0.2) is 24.3 Å². The van der Waals surface area contributed by atoms with E-state index in [1.54, 1.807) is 31.4 Å². The minimum atomic E-state index is -0.220. The first-order chi connectivity index (χ1) is 10.2. The minimum absolute atomic E-state index is 0.0929. The highest BCUT2D eigenvalue weighted by molar-refractivity contribution is 6.04. The zero-order chi connectivity index (χ0) is 15.1. The number of para-hydroxylation sites is 1. The largest absolute Gasteiger partial charge is 0.383 e. The normalized spacial score (nSPS) is 17.5. The third-order valence-electron chi connectivity index (χ3n) is 3.40. The summed E-state index contributed by atoms with van der Waals surface area (Å²) in [5.41, 5.74) is 0.992. The molecule has 0 bridgehead atoms. The zero-order valence-electron chi connectivity index (χ0n) is 12.1. The first kappa shape index (κ1) is 15.5. The number of benzene rings is 1. The van der Waals surface area contributed by atoms with Crippen molar-refractivity contribution >= 4 is 17.5 Å². The molecule has 3 N–H and O–H groups in total. The molecule has 2 amide bonds. The fourth-order valence-corrected chi connectivity index (χ4v) is 2.28. The second-order valence-electron chi connectivity index (χ2n) is 4.93. The van der Waals surface area contributed by atoms with E-state index < -0.39 is 0 Å². The molecule has 0 aliphatic carbocycles. The molecule has 6 heteroatoms. The molecule has 0 spiro atoms. The van der Waals surface area contributed by atoms with Crippen LogP contribution in [0.1, 0.15) is 23.2 Å². The number of amides is 2. The van der Waals surface area contributed by atoms with Gasteiger partial charge >= 0.3 is 0 Å². The number of hydrogen-bond donors (Lipinski definition) is 3. The molecule has 114 valence electrons. The maximum Gasteiger partial charge on any atom is 0.253 e. The molecule has 1 fully saturated rings. The molecule has 0 radical (unpaired) electrons. The second-order valence-corrected chi connectivity index (χ2v) is 4.93. The maximum absolute atomic E-state index is 12.1. The van der Waals surface area contributed by atoms with Crippen LogP contribution >= 0.6 is 0 Å². The van der Waals surface area contributed by atoms with Crippen molar-refractivity contribution in [1.29, 1.82) is 0 Å². The molecule has 0 saturated carbocycles. The maximum atomic E-state index is 12.1. The van der Waals surface area contributed by atoms with Crippen molar-refractivity contribution in [3.8, 4) is 0 Å². The Kier molecular flexibility index (Phi) is 5.71. The van der Waals surface area contributed by atoms with Gasteiger partial charge in [-0.1, -0.05) is 12.1 Å². The Balaban J connectivity index is 2.02. The van der Waals surface area contributed by atoms with Gasteiger partial charge in [0.25, 0.3) is 5.91 Å². The van der Waals surface area contributed by atoms with Crippen LogP contribution in [0, 0.1) is 0 Å². The summed E-state index contributed by atoms with van der Waals surface area (Å²) in [7, 11) is 1.58. The van der Waals surface area contributed by atoms with Gasteiger partial charge in [0.1, 0.15) is 0 Å². The predicted molar refractivity (Wildman–Crippen MR) is 80.3 cm³/mol. The van der Waals surface area contributed by atoms with Crippen molar-refractivity contribution in [2.24, 2.45) is 0 Å². The molecule has 1 unspecified atom stereocenters. The third-order valence-corrected chi connectivity index (χ3v) is 3.40. The summed E-state index contributed by atoms with van der Waals surface area (Å²) in [5, 5.41) is 8.72. The van der Waals surface area contributed by atoms with Crippen molar-refractivity contribution in [1.82, 2.24) is 10.6 Å². The van der Waals surface area contributed by atoms with Crippen LogP contribution in [0.25, 0.3) is 0 Å². The molecule has 1 aliphatic heterocycles. The van der Waals surface area contributed by atoms with Crippen LogP contribution in [-0.4, -0.2) is 44.7 Å². The summed E-state index contributed by atoms with van der Waals surface area (Å²) < 4.78 is 4.90. The van der Waals surface area contributed by atoms with E-state index in [0.717, 1.165) is 19.4 Å². The van der Waals surface area contributed by atoms with E-state index in [1.165, 1.54) is 0 Å². The SMILES string of the molecule is COCCNC(=O)c1ccccc1NC(=O)C1CCCN1. The van der Waals surface area contributed by atoms with E-state index in [2.05, 4.69) is 16.0 Å². The van der Waals surface area contributed by atoms with Crippen LogP contribution in [0.4, 0.5) is 5.69 Å². The van der Waals surface area contributed by atoms with Gasteiger partial charge in [-0.3, -0.25) is 9.59 Å². The van der Waals surface area contributed by atoms with Crippen LogP contribution < -0.4 is 16.0 Å². The Bertz CT molecular complexity index is 499. The summed E-state index contributed by atoms with van der Waals surface area (Å²) in [5.74, 6) is -0.313. The van der Waals surface area contributed by atoms with Gasteiger partial charge in [-0.15, -0.1) is 0 Å². The molecule has 0 aromatic heterocycles. The highest BCUT2D eigenvalue weighted by atomic mass is 16.5. The lowest BCUT2D eigenvalue weighted by atomic mass is 10.1. The van der Waals surface area contributed by atoms with Gasteiger partial charge in [0.2, 0.25) is 5.91 Å².